The first-order chi connectivity index (χ1) is 8.39. The van der Waals surface area contributed by atoms with E-state index in [0.29, 0.717) is 11.1 Å². The van der Waals surface area contributed by atoms with Crippen molar-refractivity contribution in [2.75, 3.05) is 5.73 Å². The summed E-state index contributed by atoms with van der Waals surface area (Å²) >= 11 is 5.67. The number of alkyl halides is 3. The number of aromatic nitrogens is 2. The fourth-order valence-electron chi connectivity index (χ4n) is 1.46. The molecule has 0 bridgehead atoms. The molecule has 0 radical (unpaired) electrons. The molecule has 3 nitrogen and oxygen atoms in total. The van der Waals surface area contributed by atoms with Crippen molar-refractivity contribution in [3.63, 3.8) is 0 Å². The summed E-state index contributed by atoms with van der Waals surface area (Å²) in [4.78, 5) is 0. The summed E-state index contributed by atoms with van der Waals surface area (Å²) in [6, 6.07) is 4.77. The van der Waals surface area contributed by atoms with Gasteiger partial charge in [-0.3, -0.25) is 0 Å². The Bertz CT molecular complexity index is 584. The van der Waals surface area contributed by atoms with Crippen LogP contribution >= 0.6 is 11.6 Å². The number of hydrogen-bond acceptors (Lipinski definition) is 3. The van der Waals surface area contributed by atoms with Crippen LogP contribution in [0, 0.1) is 0 Å². The van der Waals surface area contributed by atoms with Crippen LogP contribution in [-0.2, 0) is 6.18 Å². The molecule has 0 fully saturated rings. The van der Waals surface area contributed by atoms with Gasteiger partial charge in [0.2, 0.25) is 0 Å². The van der Waals surface area contributed by atoms with Crippen LogP contribution in [0.4, 0.5) is 18.9 Å². The van der Waals surface area contributed by atoms with Crippen molar-refractivity contribution in [2.45, 2.75) is 6.18 Å². The Labute approximate surface area is 105 Å². The van der Waals surface area contributed by atoms with Crippen molar-refractivity contribution in [1.82, 2.24) is 10.2 Å². The molecule has 94 valence electrons. The number of anilines is 1. The zero-order valence-corrected chi connectivity index (χ0v) is 9.63. The average Bonchev–Trinajstić information content (AvgIpc) is 2.32. The molecule has 0 spiro atoms. The maximum Gasteiger partial charge on any atom is 0.416 e. The molecule has 1 heterocycles. The second-order valence-corrected chi connectivity index (χ2v) is 3.90. The third kappa shape index (κ3) is 2.38. The lowest BCUT2D eigenvalue weighted by Gasteiger charge is -2.10. The number of benzene rings is 1. The molecule has 0 aliphatic heterocycles. The van der Waals surface area contributed by atoms with Crippen molar-refractivity contribution in [1.29, 1.82) is 0 Å². The van der Waals surface area contributed by atoms with Crippen molar-refractivity contribution < 1.29 is 13.2 Å². The highest BCUT2D eigenvalue weighted by molar-refractivity contribution is 6.32. The molecular formula is C11H7ClF3N3. The molecular weight excluding hydrogens is 267 g/mol. The van der Waals surface area contributed by atoms with Crippen molar-refractivity contribution in [3.8, 4) is 11.1 Å². The number of rotatable bonds is 1. The topological polar surface area (TPSA) is 51.8 Å². The first-order valence-corrected chi connectivity index (χ1v) is 5.21. The number of nitrogens with two attached hydrogens (primary N) is 1. The standard InChI is InChI=1S/C11H7ClF3N3/c12-10-9(16)8(5-17-18-10)6-2-1-3-7(4-6)11(13,14)15/h1-5H,(H2,16,17). The molecule has 18 heavy (non-hydrogen) atoms. The van der Waals surface area contributed by atoms with E-state index >= 15 is 0 Å². The van der Waals surface area contributed by atoms with Gasteiger partial charge in [0, 0.05) is 5.56 Å². The van der Waals surface area contributed by atoms with E-state index in [2.05, 4.69) is 10.2 Å². The fourth-order valence-corrected chi connectivity index (χ4v) is 1.61. The van der Waals surface area contributed by atoms with Gasteiger partial charge in [-0.15, -0.1) is 5.10 Å². The van der Waals surface area contributed by atoms with E-state index in [1.54, 1.807) is 0 Å². The minimum absolute atomic E-state index is 0.0371. The van der Waals surface area contributed by atoms with Crippen LogP contribution in [0.1, 0.15) is 5.56 Å². The van der Waals surface area contributed by atoms with Gasteiger partial charge in [-0.05, 0) is 17.7 Å². The zero-order chi connectivity index (χ0) is 13.3. The van der Waals surface area contributed by atoms with Gasteiger partial charge in [0.1, 0.15) is 0 Å². The molecule has 1 aromatic carbocycles. The van der Waals surface area contributed by atoms with E-state index in [1.807, 2.05) is 0 Å². The molecule has 1 aromatic heterocycles. The maximum atomic E-state index is 12.6. The van der Waals surface area contributed by atoms with Crippen LogP contribution in [0.25, 0.3) is 11.1 Å². The lowest BCUT2D eigenvalue weighted by molar-refractivity contribution is -0.137. The third-order valence-electron chi connectivity index (χ3n) is 2.35. The summed E-state index contributed by atoms with van der Waals surface area (Å²) in [7, 11) is 0. The van der Waals surface area contributed by atoms with Crippen LogP contribution < -0.4 is 5.73 Å². The highest BCUT2D eigenvalue weighted by Crippen LogP contribution is 2.34. The molecule has 0 aliphatic carbocycles. The largest absolute Gasteiger partial charge is 0.416 e. The fraction of sp³-hybridized carbons (Fsp3) is 0.0909. The second-order valence-electron chi connectivity index (χ2n) is 3.54. The summed E-state index contributed by atoms with van der Waals surface area (Å²) < 4.78 is 37.7. The molecule has 0 saturated carbocycles. The highest BCUT2D eigenvalue weighted by atomic mass is 35.5. The van der Waals surface area contributed by atoms with Gasteiger partial charge in [0.15, 0.2) is 5.15 Å². The Morgan fingerprint density at radius 3 is 2.61 bits per heavy atom. The summed E-state index contributed by atoms with van der Waals surface area (Å²) in [5, 5.41) is 7.04. The van der Waals surface area contributed by atoms with Crippen LogP contribution in [0.2, 0.25) is 5.15 Å². The van der Waals surface area contributed by atoms with Gasteiger partial charge in [-0.2, -0.15) is 18.3 Å². The molecule has 0 unspecified atom stereocenters. The first kappa shape index (κ1) is 12.6. The molecule has 0 aliphatic rings. The van der Waals surface area contributed by atoms with E-state index in [1.165, 1.54) is 18.3 Å². The van der Waals surface area contributed by atoms with Crippen molar-refractivity contribution in [3.05, 3.63) is 41.2 Å². The molecule has 2 aromatic rings. The highest BCUT2D eigenvalue weighted by Gasteiger charge is 2.30. The molecule has 2 N–H and O–H groups in total. The summed E-state index contributed by atoms with van der Waals surface area (Å²) in [5.41, 5.74) is 5.62. The van der Waals surface area contributed by atoms with Gasteiger partial charge >= 0.3 is 6.18 Å². The molecule has 2 rings (SSSR count). The zero-order valence-electron chi connectivity index (χ0n) is 8.87. The Balaban J connectivity index is 2.55. The number of hydrogen-bond donors (Lipinski definition) is 1. The summed E-state index contributed by atoms with van der Waals surface area (Å²) in [5.74, 6) is 0. The molecule has 0 atom stereocenters. The lowest BCUT2D eigenvalue weighted by atomic mass is 10.0. The van der Waals surface area contributed by atoms with Crippen LogP contribution in [0.5, 0.6) is 0 Å². The van der Waals surface area contributed by atoms with Gasteiger partial charge in [0.05, 0.1) is 17.4 Å². The first-order valence-electron chi connectivity index (χ1n) is 4.84. The van der Waals surface area contributed by atoms with Gasteiger partial charge in [0.25, 0.3) is 0 Å². The minimum Gasteiger partial charge on any atom is -0.396 e. The quantitative estimate of drug-likeness (QED) is 0.866. The minimum atomic E-state index is -4.41. The summed E-state index contributed by atoms with van der Waals surface area (Å²) in [6.45, 7) is 0. The van der Waals surface area contributed by atoms with Gasteiger partial charge in [-0.25, -0.2) is 0 Å². The van der Waals surface area contributed by atoms with E-state index in [9.17, 15) is 13.2 Å². The molecule has 0 saturated heterocycles. The van der Waals surface area contributed by atoms with Gasteiger partial charge < -0.3 is 5.73 Å². The lowest BCUT2D eigenvalue weighted by Crippen LogP contribution is -2.05. The van der Waals surface area contributed by atoms with Crippen LogP contribution in [0.15, 0.2) is 30.5 Å². The summed E-state index contributed by atoms with van der Waals surface area (Å²) in [6.07, 6.45) is -3.13. The second kappa shape index (κ2) is 4.45. The monoisotopic (exact) mass is 273 g/mol. The van der Waals surface area contributed by atoms with Gasteiger partial charge in [-0.1, -0.05) is 23.7 Å². The Kier molecular flexibility index (Phi) is 3.13. The average molecular weight is 274 g/mol. The Hall–Kier alpha value is -1.82. The Morgan fingerprint density at radius 2 is 1.94 bits per heavy atom. The van der Waals surface area contributed by atoms with E-state index in [0.717, 1.165) is 12.1 Å². The third-order valence-corrected chi connectivity index (χ3v) is 2.62. The Morgan fingerprint density at radius 1 is 1.22 bits per heavy atom. The number of nitrogens with zero attached hydrogens (tertiary/aromatic N) is 2. The predicted molar refractivity (Wildman–Crippen MR) is 61.9 cm³/mol. The number of nitrogen functional groups attached to an aromatic ring is 1. The van der Waals surface area contributed by atoms with E-state index in [-0.39, 0.29) is 10.8 Å². The predicted octanol–water partition coefficient (Wildman–Crippen LogP) is 3.40. The van der Waals surface area contributed by atoms with Crippen molar-refractivity contribution in [2.24, 2.45) is 0 Å². The molecule has 0 amide bonds. The van der Waals surface area contributed by atoms with Crippen LogP contribution in [0.3, 0.4) is 0 Å². The normalized spacial score (nSPS) is 11.6. The SMILES string of the molecule is Nc1c(-c2cccc(C(F)(F)F)c2)cnnc1Cl. The van der Waals surface area contributed by atoms with Crippen molar-refractivity contribution >= 4 is 17.3 Å². The smallest absolute Gasteiger partial charge is 0.396 e. The maximum absolute atomic E-state index is 12.6. The van der Waals surface area contributed by atoms with E-state index < -0.39 is 11.7 Å². The number of halogens is 4. The molecule has 7 heteroatoms. The van der Waals surface area contributed by atoms with Crippen LogP contribution in [-0.4, -0.2) is 10.2 Å². The van der Waals surface area contributed by atoms with E-state index in [4.69, 9.17) is 17.3 Å².